The van der Waals surface area contributed by atoms with Crippen LogP contribution in [0.2, 0.25) is 0 Å². The van der Waals surface area contributed by atoms with Crippen LogP contribution in [0.5, 0.6) is 0 Å². The van der Waals surface area contributed by atoms with Gasteiger partial charge in [-0.25, -0.2) is 0 Å². The van der Waals surface area contributed by atoms with E-state index in [1.54, 1.807) is 12.7 Å². The van der Waals surface area contributed by atoms with E-state index in [4.69, 9.17) is 4.74 Å². The molecule has 0 aromatic carbocycles. The molecule has 0 N–H and O–H groups in total. The fourth-order valence-corrected chi connectivity index (χ4v) is 2.47. The van der Waals surface area contributed by atoms with Crippen molar-refractivity contribution in [1.29, 1.82) is 0 Å². The number of methoxy groups -OCH3 is 1. The van der Waals surface area contributed by atoms with E-state index in [0.717, 1.165) is 11.8 Å². The number of ether oxygens (including phenoxy) is 1. The lowest BCUT2D eigenvalue weighted by Gasteiger charge is -2.27. The smallest absolute Gasteiger partial charge is 0.0548 e. The molecule has 1 rings (SSSR count). The zero-order valence-corrected chi connectivity index (χ0v) is 10.0. The highest BCUT2D eigenvalue weighted by Gasteiger charge is 2.20. The van der Waals surface area contributed by atoms with E-state index in [-0.39, 0.29) is 0 Å². The highest BCUT2D eigenvalue weighted by Crippen LogP contribution is 2.32. The quantitative estimate of drug-likeness (QED) is 0.621. The SMILES string of the molecule is CCC1=CC(CC(C)OC)CC(C)C1. The fourth-order valence-electron chi connectivity index (χ4n) is 2.47. The Kier molecular flexibility index (Phi) is 4.67. The van der Waals surface area contributed by atoms with Crippen LogP contribution in [0.3, 0.4) is 0 Å². The van der Waals surface area contributed by atoms with Gasteiger partial charge in [-0.15, -0.1) is 0 Å². The van der Waals surface area contributed by atoms with Crippen LogP contribution in [-0.4, -0.2) is 13.2 Å². The summed E-state index contributed by atoms with van der Waals surface area (Å²) >= 11 is 0. The Morgan fingerprint density at radius 1 is 1.57 bits per heavy atom. The van der Waals surface area contributed by atoms with Crippen molar-refractivity contribution in [2.45, 2.75) is 52.6 Å². The Balaban J connectivity index is 2.51. The first-order valence-electron chi connectivity index (χ1n) is 5.88. The van der Waals surface area contributed by atoms with Crippen LogP contribution in [0.15, 0.2) is 11.6 Å². The number of hydrogen-bond acceptors (Lipinski definition) is 1. The summed E-state index contributed by atoms with van der Waals surface area (Å²) in [6.45, 7) is 6.80. The molecule has 0 fully saturated rings. The van der Waals surface area contributed by atoms with Crippen molar-refractivity contribution in [3.8, 4) is 0 Å². The highest BCUT2D eigenvalue weighted by molar-refractivity contribution is 5.09. The highest BCUT2D eigenvalue weighted by atomic mass is 16.5. The van der Waals surface area contributed by atoms with E-state index in [1.165, 1.54) is 25.7 Å². The predicted molar refractivity (Wildman–Crippen MR) is 61.4 cm³/mol. The molecule has 0 bridgehead atoms. The zero-order chi connectivity index (χ0) is 10.6. The summed E-state index contributed by atoms with van der Waals surface area (Å²) in [7, 11) is 1.81. The molecule has 1 nitrogen and oxygen atoms in total. The fraction of sp³-hybridized carbons (Fsp3) is 0.846. The molecule has 0 radical (unpaired) electrons. The third kappa shape index (κ3) is 3.45. The van der Waals surface area contributed by atoms with Crippen LogP contribution in [0.1, 0.15) is 46.5 Å². The Labute approximate surface area is 88.5 Å². The third-order valence-electron chi connectivity index (χ3n) is 3.28. The van der Waals surface area contributed by atoms with Gasteiger partial charge in [0.1, 0.15) is 0 Å². The van der Waals surface area contributed by atoms with E-state index < -0.39 is 0 Å². The van der Waals surface area contributed by atoms with Crippen molar-refractivity contribution in [2.75, 3.05) is 7.11 Å². The average Bonchev–Trinajstić information content (AvgIpc) is 2.16. The van der Waals surface area contributed by atoms with Crippen molar-refractivity contribution < 1.29 is 4.74 Å². The first-order chi connectivity index (χ1) is 6.65. The predicted octanol–water partition coefficient (Wildman–Crippen LogP) is 3.79. The molecular formula is C13H24O. The van der Waals surface area contributed by atoms with Crippen molar-refractivity contribution >= 4 is 0 Å². The van der Waals surface area contributed by atoms with Crippen LogP contribution in [0.25, 0.3) is 0 Å². The molecule has 0 aliphatic heterocycles. The van der Waals surface area contributed by atoms with Crippen LogP contribution in [0.4, 0.5) is 0 Å². The van der Waals surface area contributed by atoms with Gasteiger partial charge in [0, 0.05) is 7.11 Å². The molecule has 1 aliphatic rings. The molecule has 1 heteroatoms. The normalized spacial score (nSPS) is 29.9. The zero-order valence-electron chi connectivity index (χ0n) is 10.0. The average molecular weight is 196 g/mol. The number of rotatable bonds is 4. The van der Waals surface area contributed by atoms with Gasteiger partial charge in [0.05, 0.1) is 6.10 Å². The molecule has 3 atom stereocenters. The summed E-state index contributed by atoms with van der Waals surface area (Å²) in [5.41, 5.74) is 1.65. The summed E-state index contributed by atoms with van der Waals surface area (Å²) in [6, 6.07) is 0. The lowest BCUT2D eigenvalue weighted by Crippen LogP contribution is -2.17. The molecule has 0 saturated carbocycles. The van der Waals surface area contributed by atoms with E-state index in [1.807, 2.05) is 0 Å². The first kappa shape index (κ1) is 11.8. The van der Waals surface area contributed by atoms with Gasteiger partial charge >= 0.3 is 0 Å². The maximum absolute atomic E-state index is 5.33. The Morgan fingerprint density at radius 3 is 2.86 bits per heavy atom. The summed E-state index contributed by atoms with van der Waals surface area (Å²) in [4.78, 5) is 0. The van der Waals surface area contributed by atoms with Gasteiger partial charge in [-0.05, 0) is 44.4 Å². The standard InChI is InChI=1S/C13H24O/c1-5-12-6-10(2)7-13(9-12)8-11(3)14-4/h9-11,13H,5-8H2,1-4H3. The second-order valence-electron chi connectivity index (χ2n) is 4.77. The van der Waals surface area contributed by atoms with Gasteiger partial charge in [-0.3, -0.25) is 0 Å². The lowest BCUT2D eigenvalue weighted by molar-refractivity contribution is 0.0965. The van der Waals surface area contributed by atoms with E-state index in [9.17, 15) is 0 Å². The van der Waals surface area contributed by atoms with Crippen LogP contribution in [-0.2, 0) is 4.74 Å². The molecule has 82 valence electrons. The lowest BCUT2D eigenvalue weighted by atomic mass is 9.80. The topological polar surface area (TPSA) is 9.23 Å². The van der Waals surface area contributed by atoms with Crippen LogP contribution < -0.4 is 0 Å². The van der Waals surface area contributed by atoms with E-state index >= 15 is 0 Å². The molecule has 0 aromatic heterocycles. The minimum atomic E-state index is 0.402. The monoisotopic (exact) mass is 196 g/mol. The summed E-state index contributed by atoms with van der Waals surface area (Å²) in [5, 5.41) is 0. The second-order valence-corrected chi connectivity index (χ2v) is 4.77. The number of allylic oxidation sites excluding steroid dienone is 2. The van der Waals surface area contributed by atoms with Crippen LogP contribution in [0, 0.1) is 11.8 Å². The Morgan fingerprint density at radius 2 is 2.29 bits per heavy atom. The summed E-state index contributed by atoms with van der Waals surface area (Å²) < 4.78 is 5.33. The molecule has 0 spiro atoms. The van der Waals surface area contributed by atoms with Gasteiger partial charge in [0.2, 0.25) is 0 Å². The van der Waals surface area contributed by atoms with Crippen molar-refractivity contribution in [3.63, 3.8) is 0 Å². The van der Waals surface area contributed by atoms with E-state index in [2.05, 4.69) is 26.8 Å². The van der Waals surface area contributed by atoms with E-state index in [0.29, 0.717) is 6.10 Å². The maximum Gasteiger partial charge on any atom is 0.0548 e. The molecule has 0 heterocycles. The molecule has 14 heavy (non-hydrogen) atoms. The van der Waals surface area contributed by atoms with Crippen molar-refractivity contribution in [1.82, 2.24) is 0 Å². The summed E-state index contributed by atoms with van der Waals surface area (Å²) in [5.74, 6) is 1.62. The van der Waals surface area contributed by atoms with Crippen molar-refractivity contribution in [3.05, 3.63) is 11.6 Å². The molecule has 3 unspecified atom stereocenters. The first-order valence-corrected chi connectivity index (χ1v) is 5.88. The Hall–Kier alpha value is -0.300. The van der Waals surface area contributed by atoms with Gasteiger partial charge in [0.25, 0.3) is 0 Å². The summed E-state index contributed by atoms with van der Waals surface area (Å²) in [6.07, 6.45) is 7.97. The Bertz CT molecular complexity index is 195. The molecule has 1 aliphatic carbocycles. The number of hydrogen-bond donors (Lipinski definition) is 0. The van der Waals surface area contributed by atoms with Gasteiger partial charge in [-0.1, -0.05) is 25.5 Å². The third-order valence-corrected chi connectivity index (χ3v) is 3.28. The maximum atomic E-state index is 5.33. The molecule has 0 aromatic rings. The molecule has 0 saturated heterocycles. The molecular weight excluding hydrogens is 172 g/mol. The van der Waals surface area contributed by atoms with Gasteiger partial charge < -0.3 is 4.74 Å². The van der Waals surface area contributed by atoms with Gasteiger partial charge in [-0.2, -0.15) is 0 Å². The van der Waals surface area contributed by atoms with Crippen molar-refractivity contribution in [2.24, 2.45) is 11.8 Å². The van der Waals surface area contributed by atoms with Gasteiger partial charge in [0.15, 0.2) is 0 Å². The largest absolute Gasteiger partial charge is 0.382 e. The van der Waals surface area contributed by atoms with Crippen LogP contribution >= 0.6 is 0 Å². The molecule has 0 amide bonds. The second kappa shape index (κ2) is 5.55. The minimum Gasteiger partial charge on any atom is -0.382 e. The minimum absolute atomic E-state index is 0.402.